The molecule has 2 heterocycles. The van der Waals surface area contributed by atoms with Gasteiger partial charge in [-0.3, -0.25) is 14.8 Å². The molecule has 2 aromatic heterocycles. The minimum atomic E-state index is -0.141. The molecule has 0 radical (unpaired) electrons. The van der Waals surface area contributed by atoms with Gasteiger partial charge in [-0.2, -0.15) is 0 Å². The molecule has 3 rings (SSSR count). The number of anilines is 2. The highest BCUT2D eigenvalue weighted by Crippen LogP contribution is 2.28. The molecule has 0 spiro atoms. The highest BCUT2D eigenvalue weighted by atomic mass is 16.1. The van der Waals surface area contributed by atoms with Gasteiger partial charge < -0.3 is 10.2 Å². The SMILES string of the molecule is Cc1cccc(C(C)C)c1NC(=O)c1cncc(N(C)CCc2ccncc2)c1. The van der Waals surface area contributed by atoms with Crippen LogP contribution in [0.2, 0.25) is 0 Å². The van der Waals surface area contributed by atoms with Gasteiger partial charge in [0.1, 0.15) is 0 Å². The van der Waals surface area contributed by atoms with Gasteiger partial charge in [0, 0.05) is 37.9 Å². The molecule has 0 saturated heterocycles. The van der Waals surface area contributed by atoms with Gasteiger partial charge in [-0.25, -0.2) is 0 Å². The van der Waals surface area contributed by atoms with Crippen molar-refractivity contribution < 1.29 is 4.79 Å². The van der Waals surface area contributed by atoms with E-state index in [0.717, 1.165) is 35.5 Å². The monoisotopic (exact) mass is 388 g/mol. The first-order valence-electron chi connectivity index (χ1n) is 9.91. The van der Waals surface area contributed by atoms with Crippen molar-refractivity contribution in [3.8, 4) is 0 Å². The van der Waals surface area contributed by atoms with Crippen LogP contribution >= 0.6 is 0 Å². The predicted molar refractivity (Wildman–Crippen MR) is 119 cm³/mol. The number of benzene rings is 1. The summed E-state index contributed by atoms with van der Waals surface area (Å²) in [5.74, 6) is 0.187. The number of aromatic nitrogens is 2. The fourth-order valence-electron chi connectivity index (χ4n) is 3.26. The first-order valence-corrected chi connectivity index (χ1v) is 9.91. The molecule has 0 saturated carbocycles. The first-order chi connectivity index (χ1) is 14.0. The predicted octanol–water partition coefficient (Wildman–Crippen LogP) is 4.84. The summed E-state index contributed by atoms with van der Waals surface area (Å²) in [4.78, 5) is 23.4. The summed E-state index contributed by atoms with van der Waals surface area (Å²) in [5, 5.41) is 3.10. The maximum absolute atomic E-state index is 12.9. The number of nitrogens with zero attached hydrogens (tertiary/aromatic N) is 3. The van der Waals surface area contributed by atoms with Gasteiger partial charge >= 0.3 is 0 Å². The smallest absolute Gasteiger partial charge is 0.257 e. The zero-order valence-corrected chi connectivity index (χ0v) is 17.5. The summed E-state index contributed by atoms with van der Waals surface area (Å²) in [7, 11) is 2.01. The van der Waals surface area contributed by atoms with Crippen molar-refractivity contribution in [2.75, 3.05) is 23.8 Å². The van der Waals surface area contributed by atoms with E-state index in [9.17, 15) is 4.79 Å². The number of rotatable bonds is 7. The van der Waals surface area contributed by atoms with Crippen molar-refractivity contribution in [3.05, 3.63) is 83.4 Å². The van der Waals surface area contributed by atoms with Gasteiger partial charge in [-0.15, -0.1) is 0 Å². The van der Waals surface area contributed by atoms with Gasteiger partial charge in [0.25, 0.3) is 5.91 Å². The van der Waals surface area contributed by atoms with E-state index in [4.69, 9.17) is 0 Å². The molecular formula is C24H28N4O. The molecule has 0 aliphatic rings. The van der Waals surface area contributed by atoms with Crippen LogP contribution in [-0.2, 0) is 6.42 Å². The number of pyridine rings is 2. The maximum Gasteiger partial charge on any atom is 0.257 e. The molecule has 0 unspecified atom stereocenters. The van der Waals surface area contributed by atoms with Crippen molar-refractivity contribution in [2.24, 2.45) is 0 Å². The van der Waals surface area contributed by atoms with E-state index in [1.807, 2.05) is 44.3 Å². The molecule has 0 aliphatic carbocycles. The fourth-order valence-corrected chi connectivity index (χ4v) is 3.26. The Hall–Kier alpha value is -3.21. The van der Waals surface area contributed by atoms with Gasteiger partial charge in [0.2, 0.25) is 0 Å². The third-order valence-electron chi connectivity index (χ3n) is 5.08. The molecule has 5 nitrogen and oxygen atoms in total. The molecule has 0 atom stereocenters. The standard InChI is InChI=1S/C24H28N4O/c1-17(2)22-7-5-6-18(3)23(22)27-24(29)20-14-21(16-26-15-20)28(4)13-10-19-8-11-25-12-9-19/h5-9,11-12,14-17H,10,13H2,1-4H3,(H,27,29). The lowest BCUT2D eigenvalue weighted by atomic mass is 9.98. The topological polar surface area (TPSA) is 58.1 Å². The van der Waals surface area contributed by atoms with Crippen LogP contribution in [-0.4, -0.2) is 29.5 Å². The Morgan fingerprint density at radius 3 is 2.59 bits per heavy atom. The summed E-state index contributed by atoms with van der Waals surface area (Å²) in [6.07, 6.45) is 7.91. The zero-order chi connectivity index (χ0) is 20.8. The quantitative estimate of drug-likeness (QED) is 0.629. The fraction of sp³-hybridized carbons (Fsp3) is 0.292. The first kappa shape index (κ1) is 20.5. The molecule has 0 bridgehead atoms. The van der Waals surface area contributed by atoms with Gasteiger partial charge in [0.15, 0.2) is 0 Å². The minimum Gasteiger partial charge on any atom is -0.373 e. The van der Waals surface area contributed by atoms with Crippen LogP contribution in [0.5, 0.6) is 0 Å². The third-order valence-corrected chi connectivity index (χ3v) is 5.08. The number of aryl methyl sites for hydroxylation is 1. The third kappa shape index (κ3) is 5.19. The van der Waals surface area contributed by atoms with E-state index >= 15 is 0 Å². The highest BCUT2D eigenvalue weighted by Gasteiger charge is 2.14. The van der Waals surface area contributed by atoms with Crippen LogP contribution in [0.15, 0.2) is 61.2 Å². The van der Waals surface area contributed by atoms with E-state index in [2.05, 4.69) is 40.1 Å². The second-order valence-corrected chi connectivity index (χ2v) is 7.61. The Morgan fingerprint density at radius 1 is 1.10 bits per heavy atom. The van der Waals surface area contributed by atoms with Crippen molar-refractivity contribution in [1.82, 2.24) is 9.97 Å². The van der Waals surface area contributed by atoms with Crippen molar-refractivity contribution in [1.29, 1.82) is 0 Å². The zero-order valence-electron chi connectivity index (χ0n) is 17.5. The van der Waals surface area contributed by atoms with Crippen LogP contribution in [0.4, 0.5) is 11.4 Å². The number of carbonyl (C=O) groups is 1. The van der Waals surface area contributed by atoms with E-state index in [1.54, 1.807) is 24.8 Å². The molecule has 0 fully saturated rings. The van der Waals surface area contributed by atoms with Crippen molar-refractivity contribution in [3.63, 3.8) is 0 Å². The molecule has 5 heteroatoms. The normalized spacial score (nSPS) is 10.8. The van der Waals surface area contributed by atoms with Gasteiger partial charge in [0.05, 0.1) is 17.4 Å². The Kier molecular flexibility index (Phi) is 6.60. The lowest BCUT2D eigenvalue weighted by molar-refractivity contribution is 0.102. The van der Waals surface area contributed by atoms with Crippen LogP contribution < -0.4 is 10.2 Å². The molecule has 1 N–H and O–H groups in total. The van der Waals surface area contributed by atoms with Crippen molar-refractivity contribution in [2.45, 2.75) is 33.1 Å². The Bertz CT molecular complexity index is 970. The second kappa shape index (κ2) is 9.32. The van der Waals surface area contributed by atoms with Gasteiger partial charge in [-0.1, -0.05) is 32.0 Å². The second-order valence-electron chi connectivity index (χ2n) is 7.61. The summed E-state index contributed by atoms with van der Waals surface area (Å²) < 4.78 is 0. The average molecular weight is 389 g/mol. The number of hydrogen-bond acceptors (Lipinski definition) is 4. The average Bonchev–Trinajstić information content (AvgIpc) is 2.74. The van der Waals surface area contributed by atoms with Gasteiger partial charge in [-0.05, 0) is 54.2 Å². The summed E-state index contributed by atoms with van der Waals surface area (Å²) >= 11 is 0. The number of nitrogens with one attached hydrogen (secondary N) is 1. The molecular weight excluding hydrogens is 360 g/mol. The van der Waals surface area contributed by atoms with Crippen LogP contribution in [0.1, 0.15) is 46.8 Å². The number of hydrogen-bond donors (Lipinski definition) is 1. The number of amides is 1. The van der Waals surface area contributed by atoms with Crippen LogP contribution in [0, 0.1) is 6.92 Å². The summed E-state index contributed by atoms with van der Waals surface area (Å²) in [5.41, 5.74) is 5.79. The number of likely N-dealkylation sites (N-methyl/N-ethyl adjacent to an activating group) is 1. The Labute approximate surface area is 172 Å². The largest absolute Gasteiger partial charge is 0.373 e. The Morgan fingerprint density at radius 2 is 1.86 bits per heavy atom. The molecule has 1 aromatic carbocycles. The molecule has 29 heavy (non-hydrogen) atoms. The lowest BCUT2D eigenvalue weighted by Gasteiger charge is -2.20. The Balaban J connectivity index is 1.73. The molecule has 1 amide bonds. The minimum absolute atomic E-state index is 0.141. The van der Waals surface area contributed by atoms with E-state index in [1.165, 1.54) is 5.56 Å². The van der Waals surface area contributed by atoms with E-state index < -0.39 is 0 Å². The van der Waals surface area contributed by atoms with Crippen molar-refractivity contribution >= 4 is 17.3 Å². The number of carbonyl (C=O) groups excluding carboxylic acids is 1. The number of para-hydroxylation sites is 1. The summed E-state index contributed by atoms with van der Waals surface area (Å²) in [6.45, 7) is 7.10. The maximum atomic E-state index is 12.9. The highest BCUT2D eigenvalue weighted by molar-refractivity contribution is 6.05. The van der Waals surface area contributed by atoms with Crippen LogP contribution in [0.3, 0.4) is 0 Å². The lowest BCUT2D eigenvalue weighted by Crippen LogP contribution is -2.21. The molecule has 3 aromatic rings. The summed E-state index contributed by atoms with van der Waals surface area (Å²) in [6, 6.07) is 12.0. The van der Waals surface area contributed by atoms with E-state index in [-0.39, 0.29) is 5.91 Å². The molecule has 150 valence electrons. The molecule has 0 aliphatic heterocycles. The van der Waals surface area contributed by atoms with Crippen LogP contribution in [0.25, 0.3) is 0 Å². The van der Waals surface area contributed by atoms with E-state index in [0.29, 0.717) is 11.5 Å².